The normalized spacial score (nSPS) is 13.9. The zero-order valence-electron chi connectivity index (χ0n) is 8.69. The van der Waals surface area contributed by atoms with Crippen LogP contribution in [0.25, 0.3) is 0 Å². The molecule has 0 amide bonds. The Kier molecular flexibility index (Phi) is 6.69. The van der Waals surface area contributed by atoms with Crippen LogP contribution in [0.2, 0.25) is 0 Å². The van der Waals surface area contributed by atoms with E-state index in [0.717, 1.165) is 11.8 Å². The third-order valence-corrected chi connectivity index (χ3v) is 2.43. The summed E-state index contributed by atoms with van der Waals surface area (Å²) >= 11 is 0. The number of hydrogen-bond acceptors (Lipinski definition) is 0. The summed E-state index contributed by atoms with van der Waals surface area (Å²) in [6.07, 6.45) is 7.07. The molecule has 0 rings (SSSR count). The molecule has 0 aliphatic heterocycles. The van der Waals surface area contributed by atoms with E-state index in [1.807, 2.05) is 0 Å². The molecule has 0 aromatic rings. The van der Waals surface area contributed by atoms with Crippen molar-refractivity contribution in [1.82, 2.24) is 0 Å². The summed E-state index contributed by atoms with van der Waals surface area (Å²) in [4.78, 5) is 0. The predicted molar refractivity (Wildman–Crippen MR) is 52.8 cm³/mol. The van der Waals surface area contributed by atoms with Crippen molar-refractivity contribution in [3.63, 3.8) is 0 Å². The van der Waals surface area contributed by atoms with Crippen LogP contribution in [0.5, 0.6) is 0 Å². The molecule has 0 saturated carbocycles. The van der Waals surface area contributed by atoms with E-state index in [0.29, 0.717) is 0 Å². The van der Waals surface area contributed by atoms with Crippen LogP contribution in [0, 0.1) is 11.8 Å². The van der Waals surface area contributed by atoms with Gasteiger partial charge in [0.05, 0.1) is 0 Å². The Morgan fingerprint density at radius 2 is 1.45 bits per heavy atom. The van der Waals surface area contributed by atoms with Crippen LogP contribution < -0.4 is 0 Å². The molecule has 0 aromatic carbocycles. The number of hydrogen-bond donors (Lipinski definition) is 0. The Morgan fingerprint density at radius 1 is 0.909 bits per heavy atom. The summed E-state index contributed by atoms with van der Waals surface area (Å²) in [5, 5.41) is 0. The predicted octanol–water partition coefficient (Wildman–Crippen LogP) is 4.25. The maximum Gasteiger partial charge on any atom is -0.0445 e. The van der Waals surface area contributed by atoms with Crippen LogP contribution in [0.15, 0.2) is 0 Å². The molecule has 0 fully saturated rings. The van der Waals surface area contributed by atoms with Crippen molar-refractivity contribution < 1.29 is 0 Å². The second-order valence-electron chi connectivity index (χ2n) is 4.19. The monoisotopic (exact) mass is 156 g/mol. The maximum atomic E-state index is 2.36. The SMILES string of the molecule is CC[C@@H](C)CCCCC(C)C. The van der Waals surface area contributed by atoms with E-state index in [4.69, 9.17) is 0 Å². The van der Waals surface area contributed by atoms with E-state index in [1.165, 1.54) is 32.1 Å². The first kappa shape index (κ1) is 11.0. The van der Waals surface area contributed by atoms with Crippen LogP contribution in [0.1, 0.15) is 59.8 Å². The van der Waals surface area contributed by atoms with E-state index in [2.05, 4.69) is 27.7 Å². The van der Waals surface area contributed by atoms with Gasteiger partial charge in [0.25, 0.3) is 0 Å². The van der Waals surface area contributed by atoms with E-state index in [9.17, 15) is 0 Å². The first-order valence-corrected chi connectivity index (χ1v) is 5.16. The molecule has 0 heterocycles. The van der Waals surface area contributed by atoms with Gasteiger partial charge in [-0.3, -0.25) is 0 Å². The van der Waals surface area contributed by atoms with Crippen molar-refractivity contribution >= 4 is 0 Å². The highest BCUT2D eigenvalue weighted by Crippen LogP contribution is 2.14. The summed E-state index contributed by atoms with van der Waals surface area (Å²) in [6.45, 7) is 9.26. The lowest BCUT2D eigenvalue weighted by Crippen LogP contribution is -1.93. The average Bonchev–Trinajstić information content (AvgIpc) is 1.97. The Bertz CT molecular complexity index is 74.1. The Hall–Kier alpha value is 0. The zero-order valence-corrected chi connectivity index (χ0v) is 8.69. The standard InChI is InChI=1S/C11H24/c1-5-11(4)9-7-6-8-10(2)3/h10-11H,5-9H2,1-4H3/t11-/m1/s1. The van der Waals surface area contributed by atoms with Crippen LogP contribution in [0.4, 0.5) is 0 Å². The third-order valence-electron chi connectivity index (χ3n) is 2.43. The molecule has 0 saturated heterocycles. The van der Waals surface area contributed by atoms with Gasteiger partial charge in [-0.2, -0.15) is 0 Å². The lowest BCUT2D eigenvalue weighted by Gasteiger charge is -2.08. The molecule has 0 N–H and O–H groups in total. The molecule has 0 radical (unpaired) electrons. The second-order valence-corrected chi connectivity index (χ2v) is 4.19. The largest absolute Gasteiger partial charge is 0.0651 e. The lowest BCUT2D eigenvalue weighted by atomic mass is 9.98. The van der Waals surface area contributed by atoms with Gasteiger partial charge in [-0.15, -0.1) is 0 Å². The molecule has 0 aliphatic rings. The second kappa shape index (κ2) is 6.69. The molecule has 0 aliphatic carbocycles. The molecular formula is C11H24. The molecule has 0 bridgehead atoms. The fourth-order valence-corrected chi connectivity index (χ4v) is 1.25. The molecule has 0 spiro atoms. The van der Waals surface area contributed by atoms with Crippen molar-refractivity contribution in [2.24, 2.45) is 11.8 Å². The lowest BCUT2D eigenvalue weighted by molar-refractivity contribution is 0.454. The molecule has 68 valence electrons. The van der Waals surface area contributed by atoms with Gasteiger partial charge in [-0.1, -0.05) is 59.8 Å². The number of rotatable bonds is 6. The van der Waals surface area contributed by atoms with Crippen molar-refractivity contribution in [3.05, 3.63) is 0 Å². The van der Waals surface area contributed by atoms with Crippen LogP contribution in [-0.4, -0.2) is 0 Å². The van der Waals surface area contributed by atoms with Crippen molar-refractivity contribution in [1.29, 1.82) is 0 Å². The van der Waals surface area contributed by atoms with Crippen LogP contribution >= 0.6 is 0 Å². The summed E-state index contributed by atoms with van der Waals surface area (Å²) in [5.74, 6) is 1.84. The van der Waals surface area contributed by atoms with Crippen molar-refractivity contribution in [2.75, 3.05) is 0 Å². The fraction of sp³-hybridized carbons (Fsp3) is 1.00. The molecule has 0 unspecified atom stereocenters. The minimum absolute atomic E-state index is 0.895. The highest BCUT2D eigenvalue weighted by Gasteiger charge is 1.98. The van der Waals surface area contributed by atoms with Gasteiger partial charge in [0, 0.05) is 0 Å². The van der Waals surface area contributed by atoms with Gasteiger partial charge >= 0.3 is 0 Å². The van der Waals surface area contributed by atoms with Gasteiger partial charge < -0.3 is 0 Å². The van der Waals surface area contributed by atoms with Crippen molar-refractivity contribution in [2.45, 2.75) is 59.8 Å². The van der Waals surface area contributed by atoms with Gasteiger partial charge in [0.15, 0.2) is 0 Å². The molecule has 0 aromatic heterocycles. The first-order valence-electron chi connectivity index (χ1n) is 5.16. The summed E-state index contributed by atoms with van der Waals surface area (Å²) < 4.78 is 0. The van der Waals surface area contributed by atoms with Gasteiger partial charge in [-0.25, -0.2) is 0 Å². The van der Waals surface area contributed by atoms with Crippen molar-refractivity contribution in [3.8, 4) is 0 Å². The van der Waals surface area contributed by atoms with Gasteiger partial charge in [-0.05, 0) is 11.8 Å². The van der Waals surface area contributed by atoms with E-state index in [1.54, 1.807) is 0 Å². The Morgan fingerprint density at radius 3 is 1.91 bits per heavy atom. The maximum absolute atomic E-state index is 2.36. The highest BCUT2D eigenvalue weighted by molar-refractivity contribution is 4.52. The molecule has 0 heteroatoms. The third kappa shape index (κ3) is 7.90. The average molecular weight is 156 g/mol. The van der Waals surface area contributed by atoms with E-state index < -0.39 is 0 Å². The Labute approximate surface area is 72.4 Å². The van der Waals surface area contributed by atoms with Gasteiger partial charge in [0.2, 0.25) is 0 Å². The first-order chi connectivity index (χ1) is 5.16. The van der Waals surface area contributed by atoms with Crippen LogP contribution in [-0.2, 0) is 0 Å². The summed E-state index contributed by atoms with van der Waals surface area (Å²) in [7, 11) is 0. The molecule has 1 atom stereocenters. The summed E-state index contributed by atoms with van der Waals surface area (Å²) in [5.41, 5.74) is 0. The Balaban J connectivity index is 3.01. The quantitative estimate of drug-likeness (QED) is 0.504. The van der Waals surface area contributed by atoms with Crippen LogP contribution in [0.3, 0.4) is 0 Å². The molecule has 0 nitrogen and oxygen atoms in total. The van der Waals surface area contributed by atoms with E-state index in [-0.39, 0.29) is 0 Å². The number of unbranched alkanes of at least 4 members (excludes halogenated alkanes) is 1. The fourth-order valence-electron chi connectivity index (χ4n) is 1.25. The smallest absolute Gasteiger partial charge is 0.0445 e. The zero-order chi connectivity index (χ0) is 8.69. The molecular weight excluding hydrogens is 132 g/mol. The summed E-state index contributed by atoms with van der Waals surface area (Å²) in [6, 6.07) is 0. The van der Waals surface area contributed by atoms with E-state index >= 15 is 0 Å². The minimum atomic E-state index is 0.895. The van der Waals surface area contributed by atoms with Gasteiger partial charge in [0.1, 0.15) is 0 Å². The highest BCUT2D eigenvalue weighted by atomic mass is 14.0. The molecule has 11 heavy (non-hydrogen) atoms. The topological polar surface area (TPSA) is 0 Å². The minimum Gasteiger partial charge on any atom is -0.0651 e.